The van der Waals surface area contributed by atoms with Crippen LogP contribution in [0.4, 0.5) is 0 Å². The molecule has 1 aliphatic rings. The van der Waals surface area contributed by atoms with Crippen molar-refractivity contribution in [3.8, 4) is 0 Å². The number of carbonyl (C=O) groups is 1. The molecule has 1 aliphatic heterocycles. The Labute approximate surface area is 177 Å². The number of nitrogens with one attached hydrogen (secondary N) is 1. The third kappa shape index (κ3) is 3.55. The maximum Gasteiger partial charge on any atom is 0.262 e. The predicted molar refractivity (Wildman–Crippen MR) is 118 cm³/mol. The van der Waals surface area contributed by atoms with Crippen LogP contribution in [-0.2, 0) is 11.3 Å². The van der Waals surface area contributed by atoms with E-state index >= 15 is 0 Å². The van der Waals surface area contributed by atoms with Crippen molar-refractivity contribution < 1.29 is 9.53 Å². The summed E-state index contributed by atoms with van der Waals surface area (Å²) in [6, 6.07) is 15.1. The van der Waals surface area contributed by atoms with E-state index in [4.69, 9.17) is 9.72 Å². The van der Waals surface area contributed by atoms with E-state index in [0.717, 1.165) is 30.4 Å². The number of ketones is 1. The molecule has 2 aromatic carbocycles. The van der Waals surface area contributed by atoms with Crippen LogP contribution in [0, 0.1) is 0 Å². The van der Waals surface area contributed by atoms with E-state index < -0.39 is 0 Å². The summed E-state index contributed by atoms with van der Waals surface area (Å²) in [4.78, 5) is 33.9. The van der Waals surface area contributed by atoms with Gasteiger partial charge in [0.05, 0.1) is 29.3 Å². The molecule has 0 spiro atoms. The number of H-pyrrole nitrogens is 1. The molecule has 0 aliphatic carbocycles. The first-order chi connectivity index (χ1) is 14.7. The lowest BCUT2D eigenvalue weighted by atomic mass is 10.1. The van der Waals surface area contributed by atoms with Gasteiger partial charge in [-0.1, -0.05) is 42.1 Å². The van der Waals surface area contributed by atoms with Crippen molar-refractivity contribution >= 4 is 39.4 Å². The molecule has 0 amide bonds. The molecule has 1 atom stereocenters. The standard InChI is InChI=1S/C23H21N3O3S/c27-21(18-12-24-19-9-3-1-7-16(18)19)14-30-23-25-20-10-4-2-8-17(20)22(28)26(23)13-15-6-5-11-29-15/h1-4,7-10,12,15,24H,5-6,11,13-14H2/t15-/m1/s1. The van der Waals surface area contributed by atoms with Gasteiger partial charge in [0.1, 0.15) is 0 Å². The number of fused-ring (bicyclic) bond motifs is 2. The molecule has 0 radical (unpaired) electrons. The second-order valence-corrected chi connectivity index (χ2v) is 8.36. The van der Waals surface area contributed by atoms with Crippen LogP contribution in [0.1, 0.15) is 23.2 Å². The Morgan fingerprint density at radius 1 is 1.17 bits per heavy atom. The number of Topliss-reactive ketones (excluding diaryl/α,β-unsaturated/α-hetero) is 1. The number of aromatic amines is 1. The fourth-order valence-corrected chi connectivity index (χ4v) is 4.81. The number of hydrogen-bond acceptors (Lipinski definition) is 5. The quantitative estimate of drug-likeness (QED) is 0.290. The van der Waals surface area contributed by atoms with E-state index in [1.165, 1.54) is 11.8 Å². The molecule has 30 heavy (non-hydrogen) atoms. The zero-order chi connectivity index (χ0) is 20.5. The van der Waals surface area contributed by atoms with E-state index in [1.807, 2.05) is 42.5 Å². The summed E-state index contributed by atoms with van der Waals surface area (Å²) in [5.41, 5.74) is 2.16. The lowest BCUT2D eigenvalue weighted by Gasteiger charge is -2.16. The number of ether oxygens (including phenoxy) is 1. The summed E-state index contributed by atoms with van der Waals surface area (Å²) in [7, 11) is 0. The average molecular weight is 420 g/mol. The van der Waals surface area contributed by atoms with Crippen molar-refractivity contribution in [1.82, 2.24) is 14.5 Å². The minimum atomic E-state index is -0.0851. The summed E-state index contributed by atoms with van der Waals surface area (Å²) >= 11 is 1.31. The molecule has 5 rings (SSSR count). The van der Waals surface area contributed by atoms with Crippen molar-refractivity contribution in [2.45, 2.75) is 30.6 Å². The predicted octanol–water partition coefficient (Wildman–Crippen LogP) is 4.03. The number of rotatable bonds is 6. The van der Waals surface area contributed by atoms with E-state index in [9.17, 15) is 9.59 Å². The van der Waals surface area contributed by atoms with Gasteiger partial charge in [0.2, 0.25) is 0 Å². The molecular weight excluding hydrogens is 398 g/mol. The van der Waals surface area contributed by atoms with Crippen molar-refractivity contribution in [1.29, 1.82) is 0 Å². The van der Waals surface area contributed by atoms with Gasteiger partial charge in [-0.15, -0.1) is 0 Å². The van der Waals surface area contributed by atoms with Crippen LogP contribution in [0.2, 0.25) is 0 Å². The molecule has 0 bridgehead atoms. The monoisotopic (exact) mass is 419 g/mol. The molecule has 7 heteroatoms. The molecule has 4 aromatic rings. The fraction of sp³-hybridized carbons (Fsp3) is 0.261. The highest BCUT2D eigenvalue weighted by Crippen LogP contribution is 2.24. The second kappa shape index (κ2) is 8.08. The number of aromatic nitrogens is 3. The maximum absolute atomic E-state index is 13.1. The van der Waals surface area contributed by atoms with Gasteiger partial charge in [0.25, 0.3) is 5.56 Å². The molecule has 0 saturated carbocycles. The fourth-order valence-electron chi connectivity index (χ4n) is 3.92. The zero-order valence-electron chi connectivity index (χ0n) is 16.3. The van der Waals surface area contributed by atoms with Crippen LogP contribution < -0.4 is 5.56 Å². The van der Waals surface area contributed by atoms with Gasteiger partial charge in [-0.2, -0.15) is 0 Å². The molecule has 1 fully saturated rings. The lowest BCUT2D eigenvalue weighted by molar-refractivity contribution is 0.0937. The van der Waals surface area contributed by atoms with Crippen LogP contribution in [0.3, 0.4) is 0 Å². The Morgan fingerprint density at radius 2 is 1.97 bits per heavy atom. The molecule has 6 nitrogen and oxygen atoms in total. The normalized spacial score (nSPS) is 16.5. The summed E-state index contributed by atoms with van der Waals surface area (Å²) < 4.78 is 7.42. The van der Waals surface area contributed by atoms with Crippen LogP contribution >= 0.6 is 11.8 Å². The van der Waals surface area contributed by atoms with Crippen LogP contribution in [-0.4, -0.2) is 38.8 Å². The molecule has 2 aromatic heterocycles. The Morgan fingerprint density at radius 3 is 2.80 bits per heavy atom. The highest BCUT2D eigenvalue weighted by Gasteiger charge is 2.21. The van der Waals surface area contributed by atoms with Crippen LogP contribution in [0.15, 0.2) is 64.7 Å². The van der Waals surface area contributed by atoms with Gasteiger partial charge in [-0.05, 0) is 31.0 Å². The zero-order valence-corrected chi connectivity index (χ0v) is 17.2. The number of thioether (sulfide) groups is 1. The lowest BCUT2D eigenvalue weighted by Crippen LogP contribution is -2.29. The Kier molecular flexibility index (Phi) is 5.14. The Bertz CT molecular complexity index is 1290. The minimum absolute atomic E-state index is 0.00326. The summed E-state index contributed by atoms with van der Waals surface area (Å²) in [6.45, 7) is 1.18. The summed E-state index contributed by atoms with van der Waals surface area (Å²) in [5, 5.41) is 2.05. The number of hydrogen-bond donors (Lipinski definition) is 1. The van der Waals surface area contributed by atoms with E-state index in [2.05, 4.69) is 4.98 Å². The number of benzene rings is 2. The molecule has 1 saturated heterocycles. The summed E-state index contributed by atoms with van der Waals surface area (Å²) in [5.74, 6) is 0.210. The third-order valence-electron chi connectivity index (χ3n) is 5.46. The first kappa shape index (κ1) is 19.1. The third-order valence-corrected chi connectivity index (χ3v) is 6.44. The highest BCUT2D eigenvalue weighted by atomic mass is 32.2. The maximum atomic E-state index is 13.1. The van der Waals surface area contributed by atoms with Crippen molar-refractivity contribution in [2.24, 2.45) is 0 Å². The van der Waals surface area contributed by atoms with Crippen LogP contribution in [0.25, 0.3) is 21.8 Å². The van der Waals surface area contributed by atoms with E-state index in [0.29, 0.717) is 28.2 Å². The topological polar surface area (TPSA) is 77.0 Å². The molecule has 0 unspecified atom stereocenters. The Balaban J connectivity index is 1.46. The molecular formula is C23H21N3O3S. The Hall–Kier alpha value is -2.90. The van der Waals surface area contributed by atoms with E-state index in [1.54, 1.807) is 16.8 Å². The van der Waals surface area contributed by atoms with E-state index in [-0.39, 0.29) is 23.2 Å². The van der Waals surface area contributed by atoms with Gasteiger partial charge in [0, 0.05) is 29.3 Å². The van der Waals surface area contributed by atoms with Crippen molar-refractivity contribution in [2.75, 3.05) is 12.4 Å². The van der Waals surface area contributed by atoms with Gasteiger partial charge >= 0.3 is 0 Å². The van der Waals surface area contributed by atoms with Crippen LogP contribution in [0.5, 0.6) is 0 Å². The first-order valence-corrected chi connectivity index (χ1v) is 11.0. The average Bonchev–Trinajstić information content (AvgIpc) is 3.44. The minimum Gasteiger partial charge on any atom is -0.376 e. The first-order valence-electron chi connectivity index (χ1n) is 10.0. The van der Waals surface area contributed by atoms with Gasteiger partial charge < -0.3 is 9.72 Å². The highest BCUT2D eigenvalue weighted by molar-refractivity contribution is 7.99. The van der Waals surface area contributed by atoms with Crippen molar-refractivity contribution in [3.05, 3.63) is 70.6 Å². The van der Waals surface area contributed by atoms with Crippen molar-refractivity contribution in [3.63, 3.8) is 0 Å². The SMILES string of the molecule is O=C(CSc1nc2ccccc2c(=O)n1C[C@H]1CCCO1)c1c[nH]c2ccccc12. The number of para-hydroxylation sites is 2. The molecule has 3 heterocycles. The van der Waals surface area contributed by atoms with Gasteiger partial charge in [-0.3, -0.25) is 14.2 Å². The molecule has 152 valence electrons. The number of carbonyl (C=O) groups excluding carboxylic acids is 1. The summed E-state index contributed by atoms with van der Waals surface area (Å²) in [6.07, 6.45) is 3.69. The van der Waals surface area contributed by atoms with Gasteiger partial charge in [-0.25, -0.2) is 4.98 Å². The smallest absolute Gasteiger partial charge is 0.262 e. The molecule has 1 N–H and O–H groups in total. The largest absolute Gasteiger partial charge is 0.376 e. The number of nitrogens with zero attached hydrogens (tertiary/aromatic N) is 2. The second-order valence-electron chi connectivity index (χ2n) is 7.42. The van der Waals surface area contributed by atoms with Gasteiger partial charge in [0.15, 0.2) is 10.9 Å².